The highest BCUT2D eigenvalue weighted by Gasteiger charge is 2.28. The number of ketones is 1. The number of hydrogen-bond acceptors (Lipinski definition) is 2. The van der Waals surface area contributed by atoms with Crippen molar-refractivity contribution in [2.75, 3.05) is 0 Å². The van der Waals surface area contributed by atoms with Gasteiger partial charge in [0.25, 0.3) is 0 Å². The van der Waals surface area contributed by atoms with Gasteiger partial charge in [-0.15, -0.1) is 0 Å². The first-order chi connectivity index (χ1) is 6.08. The molecule has 13 heavy (non-hydrogen) atoms. The Hall–Kier alpha value is -0.630. The summed E-state index contributed by atoms with van der Waals surface area (Å²) in [7, 11) is 0. The smallest absolute Gasteiger partial charge is 0.178 e. The molecule has 1 rings (SSSR count). The van der Waals surface area contributed by atoms with Crippen LogP contribution >= 0.6 is 0 Å². The Bertz CT molecular complexity index is 228. The fourth-order valence-corrected chi connectivity index (χ4v) is 1.57. The highest BCUT2D eigenvalue weighted by Crippen LogP contribution is 2.22. The third kappa shape index (κ3) is 2.41. The minimum Gasteiger partial charge on any atom is -0.319 e. The molecule has 74 valence electrons. The van der Waals surface area contributed by atoms with E-state index in [1.807, 2.05) is 13.8 Å². The van der Waals surface area contributed by atoms with Crippen molar-refractivity contribution in [2.45, 2.75) is 51.5 Å². The molecule has 1 atom stereocenters. The van der Waals surface area contributed by atoms with Crippen LogP contribution in [-0.4, -0.2) is 11.3 Å². The molecular formula is C11H19NO. The zero-order valence-electron chi connectivity index (χ0n) is 8.60. The average molecular weight is 181 g/mol. The molecule has 2 heteroatoms. The molecule has 0 aromatic carbocycles. The van der Waals surface area contributed by atoms with E-state index in [9.17, 15) is 4.79 Å². The minimum absolute atomic E-state index is 0.148. The number of rotatable bonds is 3. The molecule has 2 N–H and O–H groups in total. The van der Waals surface area contributed by atoms with Crippen LogP contribution in [0.25, 0.3) is 0 Å². The second kappa shape index (κ2) is 4.05. The van der Waals surface area contributed by atoms with Gasteiger partial charge in [-0.2, -0.15) is 0 Å². The molecule has 0 fully saturated rings. The lowest BCUT2D eigenvalue weighted by Crippen LogP contribution is -2.45. The first-order valence-corrected chi connectivity index (χ1v) is 5.10. The van der Waals surface area contributed by atoms with Gasteiger partial charge in [0.05, 0.1) is 5.54 Å². The molecule has 1 aliphatic carbocycles. The molecule has 0 aromatic heterocycles. The summed E-state index contributed by atoms with van der Waals surface area (Å²) in [6.07, 6.45) is 7.09. The molecular weight excluding hydrogens is 162 g/mol. The summed E-state index contributed by atoms with van der Waals surface area (Å²) in [6, 6.07) is 0. The third-order valence-corrected chi connectivity index (χ3v) is 2.84. The SMILES string of the molecule is CCC(C)(N)C(=O)C1=CCCCC1. The normalized spacial score (nSPS) is 21.9. The van der Waals surface area contributed by atoms with Gasteiger partial charge in [-0.3, -0.25) is 4.79 Å². The second-order valence-electron chi connectivity index (χ2n) is 4.08. The molecule has 0 bridgehead atoms. The molecule has 2 nitrogen and oxygen atoms in total. The Labute approximate surface area is 80.2 Å². The summed E-state index contributed by atoms with van der Waals surface area (Å²) in [6.45, 7) is 3.78. The molecule has 0 aromatic rings. The quantitative estimate of drug-likeness (QED) is 0.725. The zero-order chi connectivity index (χ0) is 9.90. The highest BCUT2D eigenvalue weighted by molar-refractivity contribution is 6.02. The maximum atomic E-state index is 11.9. The predicted molar refractivity (Wildman–Crippen MR) is 54.4 cm³/mol. The Morgan fingerprint density at radius 2 is 2.31 bits per heavy atom. The Morgan fingerprint density at radius 3 is 2.77 bits per heavy atom. The van der Waals surface area contributed by atoms with E-state index < -0.39 is 5.54 Å². The zero-order valence-corrected chi connectivity index (χ0v) is 8.60. The molecule has 1 aliphatic rings. The van der Waals surface area contributed by atoms with E-state index in [4.69, 9.17) is 5.73 Å². The summed E-state index contributed by atoms with van der Waals surface area (Å²) in [5, 5.41) is 0. The van der Waals surface area contributed by atoms with Crippen molar-refractivity contribution in [3.8, 4) is 0 Å². The van der Waals surface area contributed by atoms with Gasteiger partial charge < -0.3 is 5.73 Å². The lowest BCUT2D eigenvalue weighted by molar-refractivity contribution is -0.120. The second-order valence-corrected chi connectivity index (χ2v) is 4.08. The summed E-state index contributed by atoms with van der Waals surface area (Å²) in [4.78, 5) is 11.9. The van der Waals surface area contributed by atoms with Crippen LogP contribution in [-0.2, 0) is 4.79 Å². The number of carbonyl (C=O) groups is 1. The lowest BCUT2D eigenvalue weighted by atomic mass is 9.85. The van der Waals surface area contributed by atoms with Crippen LogP contribution < -0.4 is 5.73 Å². The molecule has 0 amide bonds. The van der Waals surface area contributed by atoms with Gasteiger partial charge in [0.15, 0.2) is 5.78 Å². The van der Waals surface area contributed by atoms with E-state index in [0.717, 1.165) is 24.8 Å². The number of nitrogens with two attached hydrogens (primary N) is 1. The van der Waals surface area contributed by atoms with E-state index in [1.165, 1.54) is 6.42 Å². The average Bonchev–Trinajstić information content (AvgIpc) is 2.18. The van der Waals surface area contributed by atoms with E-state index in [1.54, 1.807) is 0 Å². The summed E-state index contributed by atoms with van der Waals surface area (Å²) < 4.78 is 0. The Kier molecular flexibility index (Phi) is 3.26. The van der Waals surface area contributed by atoms with Crippen LogP contribution in [0.15, 0.2) is 11.6 Å². The fraction of sp³-hybridized carbons (Fsp3) is 0.727. The van der Waals surface area contributed by atoms with Crippen molar-refractivity contribution in [2.24, 2.45) is 5.73 Å². The van der Waals surface area contributed by atoms with E-state index in [2.05, 4.69) is 6.08 Å². The van der Waals surface area contributed by atoms with Gasteiger partial charge >= 0.3 is 0 Å². The summed E-state index contributed by atoms with van der Waals surface area (Å²) >= 11 is 0. The largest absolute Gasteiger partial charge is 0.319 e. The van der Waals surface area contributed by atoms with Gasteiger partial charge in [-0.25, -0.2) is 0 Å². The van der Waals surface area contributed by atoms with E-state index in [-0.39, 0.29) is 5.78 Å². The maximum Gasteiger partial charge on any atom is 0.178 e. The van der Waals surface area contributed by atoms with Gasteiger partial charge in [-0.05, 0) is 44.6 Å². The van der Waals surface area contributed by atoms with Gasteiger partial charge in [-0.1, -0.05) is 13.0 Å². The van der Waals surface area contributed by atoms with Crippen molar-refractivity contribution < 1.29 is 4.79 Å². The number of Topliss-reactive ketones (excluding diaryl/α,β-unsaturated/α-hetero) is 1. The fourth-order valence-electron chi connectivity index (χ4n) is 1.57. The molecule has 0 heterocycles. The lowest BCUT2D eigenvalue weighted by Gasteiger charge is -2.24. The van der Waals surface area contributed by atoms with Crippen LogP contribution in [0.1, 0.15) is 46.0 Å². The van der Waals surface area contributed by atoms with E-state index in [0.29, 0.717) is 6.42 Å². The van der Waals surface area contributed by atoms with Gasteiger partial charge in [0, 0.05) is 0 Å². The monoisotopic (exact) mass is 181 g/mol. The summed E-state index contributed by atoms with van der Waals surface area (Å²) in [5.74, 6) is 0.148. The molecule has 0 saturated heterocycles. The first-order valence-electron chi connectivity index (χ1n) is 5.10. The van der Waals surface area contributed by atoms with Crippen LogP contribution in [0.3, 0.4) is 0 Å². The topological polar surface area (TPSA) is 43.1 Å². The standard InChI is InChI=1S/C11H19NO/c1-3-11(2,12)10(13)9-7-5-4-6-8-9/h7H,3-6,8,12H2,1-2H3. The number of hydrogen-bond donors (Lipinski definition) is 1. The van der Waals surface area contributed by atoms with Crippen LogP contribution in [0, 0.1) is 0 Å². The number of allylic oxidation sites excluding steroid dienone is 1. The summed E-state index contributed by atoms with van der Waals surface area (Å²) in [5.41, 5.74) is 6.21. The van der Waals surface area contributed by atoms with Gasteiger partial charge in [0.1, 0.15) is 0 Å². The molecule has 0 radical (unpaired) electrons. The van der Waals surface area contributed by atoms with E-state index >= 15 is 0 Å². The van der Waals surface area contributed by atoms with Crippen LogP contribution in [0.2, 0.25) is 0 Å². The Balaban J connectivity index is 2.71. The molecule has 0 saturated carbocycles. The molecule has 0 spiro atoms. The van der Waals surface area contributed by atoms with Crippen molar-refractivity contribution in [3.05, 3.63) is 11.6 Å². The number of carbonyl (C=O) groups excluding carboxylic acids is 1. The Morgan fingerprint density at radius 1 is 1.62 bits per heavy atom. The van der Waals surface area contributed by atoms with Crippen LogP contribution in [0.4, 0.5) is 0 Å². The van der Waals surface area contributed by atoms with Crippen molar-refractivity contribution >= 4 is 5.78 Å². The predicted octanol–water partition coefficient (Wildman–Crippen LogP) is 2.18. The highest BCUT2D eigenvalue weighted by atomic mass is 16.1. The van der Waals surface area contributed by atoms with Crippen molar-refractivity contribution in [3.63, 3.8) is 0 Å². The molecule has 1 unspecified atom stereocenters. The van der Waals surface area contributed by atoms with Gasteiger partial charge in [0.2, 0.25) is 0 Å². The third-order valence-electron chi connectivity index (χ3n) is 2.84. The van der Waals surface area contributed by atoms with Crippen LogP contribution in [0.5, 0.6) is 0 Å². The van der Waals surface area contributed by atoms with Crippen molar-refractivity contribution in [1.82, 2.24) is 0 Å². The molecule has 0 aliphatic heterocycles. The maximum absolute atomic E-state index is 11.9. The minimum atomic E-state index is -0.650. The first kappa shape index (κ1) is 10.5. The van der Waals surface area contributed by atoms with Crippen molar-refractivity contribution in [1.29, 1.82) is 0 Å².